The number of carbonyl (C=O) groups excluding carboxylic acids is 4. The molecule has 4 saturated heterocycles. The van der Waals surface area contributed by atoms with Crippen LogP contribution in [0, 0.1) is 24.0 Å². The molecule has 0 radical (unpaired) electrons. The standard InChI is InChI=1S/C27H35N5O3.C16H21BrN4O2.C9H18N2O2.C7H4BrN3O2.C4H8O/c1-7-28-25(33)20-14-17(2)18(3)22(15-20)19-8-9-21-23(16-19)29-30-24(21)31-10-12-32(13-11-31)26(34)35-27(4,5)6;1-16(2,3)23-15(22)21-8-6-20(7-9-21)14-12-5-4-11(17)10-13(12)18-19-14;1-9(2,3)13-8(12)11-6-4-10-5-7-11;8-6-2-1-5-4-10(11(12)13)9-7(5)3-6;1-2-4-5-3-1/h8-9,14-16H,7,10-13H2,1-6H3,(H,28,33)(H,29,30);4-5,10H,6-9H2,1-3H3,(H,18,19);10H,4-7H2,1-3H3;1-4H;1-4H2. The highest BCUT2D eigenvalue weighted by Gasteiger charge is 2.30. The first-order valence-corrected chi connectivity index (χ1v) is 31.7. The molecule has 4 aromatic carbocycles. The average Bonchev–Trinajstić information content (AvgIpc) is 1.96. The molecular formula is C63H86Br2N14O10. The van der Waals surface area contributed by atoms with Crippen molar-refractivity contribution in [3.63, 3.8) is 0 Å². The molecule has 0 saturated carbocycles. The Bertz CT molecular complexity index is 3540. The lowest BCUT2D eigenvalue weighted by Gasteiger charge is -2.35. The van der Waals surface area contributed by atoms with E-state index in [0.717, 1.165) is 123 Å². The van der Waals surface area contributed by atoms with Gasteiger partial charge in [-0.15, -0.1) is 0 Å². The second-order valence-electron chi connectivity index (χ2n) is 24.8. The second-order valence-corrected chi connectivity index (χ2v) is 26.6. The molecule has 11 rings (SSSR count). The van der Waals surface area contributed by atoms with Gasteiger partial charge in [-0.25, -0.2) is 14.4 Å². The summed E-state index contributed by atoms with van der Waals surface area (Å²) in [5.74, 6) is 1.77. The van der Waals surface area contributed by atoms with Crippen LogP contribution in [0.2, 0.25) is 0 Å². The molecule has 24 nitrogen and oxygen atoms in total. The van der Waals surface area contributed by atoms with E-state index in [1.165, 1.54) is 19.0 Å². The summed E-state index contributed by atoms with van der Waals surface area (Å²) < 4.78 is 23.0. The van der Waals surface area contributed by atoms with Crippen LogP contribution >= 0.6 is 31.9 Å². The Morgan fingerprint density at radius 3 is 1.58 bits per heavy atom. The molecule has 4 amide bonds. The third-order valence-corrected chi connectivity index (χ3v) is 15.3. The summed E-state index contributed by atoms with van der Waals surface area (Å²) in [6.07, 6.45) is 3.22. The van der Waals surface area contributed by atoms with Gasteiger partial charge in [0, 0.05) is 134 Å². The van der Waals surface area contributed by atoms with Gasteiger partial charge in [-0.05, 0) is 173 Å². The Balaban J connectivity index is 0.000000178. The number of aromatic amines is 2. The van der Waals surface area contributed by atoms with Crippen LogP contribution in [0.1, 0.15) is 104 Å². The van der Waals surface area contributed by atoms with E-state index in [9.17, 15) is 29.3 Å². The van der Waals surface area contributed by atoms with Gasteiger partial charge in [0.25, 0.3) is 5.91 Å². The molecule has 89 heavy (non-hydrogen) atoms. The molecule has 7 heterocycles. The molecule has 4 N–H and O–H groups in total. The van der Waals surface area contributed by atoms with Gasteiger partial charge in [-0.1, -0.05) is 37.9 Å². The molecule has 0 atom stereocenters. The Morgan fingerprint density at radius 2 is 1.11 bits per heavy atom. The molecule has 4 aliphatic rings. The average molecular weight is 1360 g/mol. The summed E-state index contributed by atoms with van der Waals surface area (Å²) in [5.41, 5.74) is 6.17. The predicted octanol–water partition coefficient (Wildman–Crippen LogP) is 11.5. The van der Waals surface area contributed by atoms with Crippen molar-refractivity contribution < 1.29 is 43.2 Å². The smallest absolute Gasteiger partial charge is 0.410 e. The summed E-state index contributed by atoms with van der Waals surface area (Å²) in [6, 6.07) is 21.6. The number of rotatable bonds is 6. The summed E-state index contributed by atoms with van der Waals surface area (Å²) in [5, 5.41) is 37.8. The van der Waals surface area contributed by atoms with Crippen LogP contribution in [0.15, 0.2) is 81.9 Å². The van der Waals surface area contributed by atoms with Gasteiger partial charge >= 0.3 is 18.3 Å². The minimum atomic E-state index is -0.575. The van der Waals surface area contributed by atoms with Crippen molar-refractivity contribution in [2.45, 2.75) is 113 Å². The van der Waals surface area contributed by atoms with Gasteiger partial charge in [-0.2, -0.15) is 10.2 Å². The van der Waals surface area contributed by atoms with Crippen LogP contribution in [0.25, 0.3) is 43.8 Å². The number of H-pyrrole nitrogens is 2. The molecule has 4 fully saturated rings. The quantitative estimate of drug-likeness (QED) is 0.0685. The van der Waals surface area contributed by atoms with E-state index >= 15 is 0 Å². The van der Waals surface area contributed by atoms with Crippen molar-refractivity contribution in [1.82, 2.24) is 55.6 Å². The monoisotopic (exact) mass is 1360 g/mol. The van der Waals surface area contributed by atoms with Gasteiger partial charge < -0.3 is 64.2 Å². The molecule has 0 spiro atoms. The molecule has 0 unspecified atom stereocenters. The number of nitro groups is 1. The van der Waals surface area contributed by atoms with Crippen LogP contribution < -0.4 is 20.4 Å². The zero-order valence-electron chi connectivity index (χ0n) is 53.3. The molecular weight excluding hydrogens is 1270 g/mol. The maximum absolute atomic E-state index is 12.5. The Labute approximate surface area is 537 Å². The first kappa shape index (κ1) is 68.9. The number of ether oxygens (including phenoxy) is 4. The summed E-state index contributed by atoms with van der Waals surface area (Å²) >= 11 is 6.73. The lowest BCUT2D eigenvalue weighted by molar-refractivity contribution is -0.552. The predicted molar refractivity (Wildman–Crippen MR) is 353 cm³/mol. The van der Waals surface area contributed by atoms with Gasteiger partial charge in [0.2, 0.25) is 5.52 Å². The topological polar surface area (TPSA) is 264 Å². The van der Waals surface area contributed by atoms with Gasteiger partial charge in [-0.3, -0.25) is 15.0 Å². The highest BCUT2D eigenvalue weighted by atomic mass is 79.9. The number of piperazine rings is 3. The minimum absolute atomic E-state index is 0.0627. The number of aromatic nitrogens is 6. The number of hydrogen-bond donors (Lipinski definition) is 4. The van der Waals surface area contributed by atoms with Crippen molar-refractivity contribution in [1.29, 1.82) is 0 Å². The summed E-state index contributed by atoms with van der Waals surface area (Å²) in [7, 11) is 0. The third kappa shape index (κ3) is 20.2. The van der Waals surface area contributed by atoms with E-state index in [1.54, 1.807) is 26.8 Å². The number of nitrogens with zero attached hydrogens (tertiary/aromatic N) is 10. The van der Waals surface area contributed by atoms with E-state index < -0.39 is 16.2 Å². The highest BCUT2D eigenvalue weighted by molar-refractivity contribution is 9.10. The number of anilines is 2. The number of benzene rings is 4. The molecule has 482 valence electrons. The highest BCUT2D eigenvalue weighted by Crippen LogP contribution is 2.33. The number of amides is 4. The van der Waals surface area contributed by atoms with Crippen molar-refractivity contribution in [2.24, 2.45) is 0 Å². The molecule has 0 bridgehead atoms. The fourth-order valence-electron chi connectivity index (χ4n) is 9.78. The first-order valence-electron chi connectivity index (χ1n) is 30.1. The van der Waals surface area contributed by atoms with E-state index in [1.807, 2.05) is 106 Å². The number of nitrogens with one attached hydrogen (secondary N) is 4. The first-order chi connectivity index (χ1) is 42.1. The van der Waals surface area contributed by atoms with E-state index in [-0.39, 0.29) is 29.8 Å². The minimum Gasteiger partial charge on any atom is -0.444 e. The zero-order valence-corrected chi connectivity index (χ0v) is 56.4. The van der Waals surface area contributed by atoms with E-state index in [4.69, 9.17) is 18.9 Å². The zero-order chi connectivity index (χ0) is 64.8. The van der Waals surface area contributed by atoms with Crippen LogP contribution in [0.5, 0.6) is 0 Å². The molecule has 3 aromatic heterocycles. The van der Waals surface area contributed by atoms with Crippen molar-refractivity contribution in [3.8, 4) is 11.1 Å². The SMILES string of the molecule is C1CCOC1.CC(C)(C)OC(=O)N1CCN(c2n[nH]c3cc(Br)ccc23)CC1.CC(C)(C)OC(=O)N1CCNCC1.CCNC(=O)c1cc(C)c(C)c(-c2ccc3c(N4CCN(C(=O)OC(C)(C)C)CC4)n[nH]c3c2)c1.O=[N+]([O-])n1cc2ccc(Br)cc2n1. The van der Waals surface area contributed by atoms with Gasteiger partial charge in [0.15, 0.2) is 11.6 Å². The summed E-state index contributed by atoms with van der Waals surface area (Å²) in [6.45, 7) is 34.1. The Hall–Kier alpha value is -7.55. The normalized spacial score (nSPS) is 15.4. The Morgan fingerprint density at radius 1 is 0.640 bits per heavy atom. The molecule has 0 aliphatic carbocycles. The Kier molecular flexibility index (Phi) is 23.8. The fourth-order valence-corrected chi connectivity index (χ4v) is 10.5. The van der Waals surface area contributed by atoms with Crippen LogP contribution in [-0.2, 0) is 18.9 Å². The van der Waals surface area contributed by atoms with Gasteiger partial charge in [0.05, 0.1) is 26.6 Å². The number of halogens is 2. The molecule has 7 aromatic rings. The summed E-state index contributed by atoms with van der Waals surface area (Å²) in [4.78, 5) is 69.1. The fraction of sp³-hybridized carbons (Fsp3) is 0.508. The number of fused-ring (bicyclic) bond motifs is 3. The maximum atomic E-state index is 12.5. The molecule has 4 aliphatic heterocycles. The van der Waals surface area contributed by atoms with Crippen molar-refractivity contribution in [2.75, 3.05) is 108 Å². The van der Waals surface area contributed by atoms with E-state index in [2.05, 4.69) is 109 Å². The van der Waals surface area contributed by atoms with Crippen LogP contribution in [0.4, 0.5) is 26.0 Å². The van der Waals surface area contributed by atoms with Crippen LogP contribution in [0.3, 0.4) is 0 Å². The number of aryl methyl sites for hydroxylation is 1. The lowest BCUT2D eigenvalue weighted by atomic mass is 9.93. The lowest BCUT2D eigenvalue weighted by Crippen LogP contribution is -2.50. The van der Waals surface area contributed by atoms with Crippen molar-refractivity contribution in [3.05, 3.63) is 109 Å². The van der Waals surface area contributed by atoms with E-state index in [0.29, 0.717) is 61.7 Å². The maximum Gasteiger partial charge on any atom is 0.410 e. The number of carbonyl (C=O) groups is 4. The third-order valence-electron chi connectivity index (χ3n) is 14.3. The molecule has 26 heteroatoms. The second kappa shape index (κ2) is 30.8. The largest absolute Gasteiger partial charge is 0.444 e. The number of hydrogen-bond acceptors (Lipinski definition) is 16. The van der Waals surface area contributed by atoms with Crippen molar-refractivity contribution >= 4 is 100 Å². The van der Waals surface area contributed by atoms with Gasteiger partial charge in [0.1, 0.15) is 23.0 Å². The van der Waals surface area contributed by atoms with Crippen LogP contribution in [-0.4, -0.2) is 189 Å².